The molecule has 0 aromatic heterocycles. The van der Waals surface area contributed by atoms with E-state index < -0.39 is 23.7 Å². The predicted molar refractivity (Wildman–Crippen MR) is 155 cm³/mol. The molecule has 0 aliphatic carbocycles. The molecule has 2 amide bonds. The Kier molecular flexibility index (Phi) is 9.09. The zero-order valence-electron chi connectivity index (χ0n) is 23.1. The summed E-state index contributed by atoms with van der Waals surface area (Å²) in [5, 5.41) is 5.68. The van der Waals surface area contributed by atoms with E-state index in [0.29, 0.717) is 48.2 Å². The van der Waals surface area contributed by atoms with Crippen molar-refractivity contribution in [2.45, 2.75) is 30.8 Å². The lowest BCUT2D eigenvalue weighted by Gasteiger charge is -2.28. The number of hydrogen-bond donors (Lipinski definition) is 3. The van der Waals surface area contributed by atoms with Crippen LogP contribution in [0.15, 0.2) is 78.9 Å². The number of amides is 2. The van der Waals surface area contributed by atoms with Crippen LogP contribution in [0.1, 0.15) is 29.2 Å². The van der Waals surface area contributed by atoms with E-state index in [2.05, 4.69) is 15.5 Å². The highest BCUT2D eigenvalue weighted by atomic mass is 19.4. The first kappa shape index (κ1) is 30.2. The van der Waals surface area contributed by atoms with Gasteiger partial charge in [0.05, 0.1) is 35.3 Å². The first-order chi connectivity index (χ1) is 20.6. The summed E-state index contributed by atoms with van der Waals surface area (Å²) in [6, 6.07) is 16.0. The highest BCUT2D eigenvalue weighted by Crippen LogP contribution is 2.32. The van der Waals surface area contributed by atoms with Crippen molar-refractivity contribution in [3.05, 3.63) is 95.6 Å². The van der Waals surface area contributed by atoms with Crippen molar-refractivity contribution in [3.8, 4) is 0 Å². The molecule has 43 heavy (non-hydrogen) atoms. The van der Waals surface area contributed by atoms with Gasteiger partial charge >= 0.3 is 6.18 Å². The van der Waals surface area contributed by atoms with Gasteiger partial charge in [-0.15, -0.1) is 5.12 Å². The second-order valence-corrected chi connectivity index (χ2v) is 10.5. The molecule has 4 N–H and O–H groups in total. The van der Waals surface area contributed by atoms with Crippen molar-refractivity contribution in [1.82, 2.24) is 10.2 Å². The Balaban J connectivity index is 1.28. The molecule has 2 aliphatic heterocycles. The lowest BCUT2D eigenvalue weighted by Crippen LogP contribution is -2.44. The number of fused-ring (bicyclic) bond motifs is 2. The highest BCUT2D eigenvalue weighted by molar-refractivity contribution is 6.03. The molecule has 226 valence electrons. The first-order valence-corrected chi connectivity index (χ1v) is 13.8. The maximum atomic E-state index is 15.3. The van der Waals surface area contributed by atoms with Crippen LogP contribution in [0.4, 0.5) is 34.7 Å². The molecule has 2 heterocycles. The molecule has 2 fully saturated rings. The molecule has 3 unspecified atom stereocenters. The molecule has 0 spiro atoms. The van der Waals surface area contributed by atoms with Gasteiger partial charge in [0.15, 0.2) is 0 Å². The van der Waals surface area contributed by atoms with Crippen LogP contribution in [0, 0.1) is 0 Å². The summed E-state index contributed by atoms with van der Waals surface area (Å²) in [6.07, 6.45) is -0.503. The zero-order chi connectivity index (χ0) is 30.6. The van der Waals surface area contributed by atoms with Crippen LogP contribution in [-0.4, -0.2) is 55.1 Å². The van der Waals surface area contributed by atoms with Crippen LogP contribution in [0.2, 0.25) is 0 Å². The molecule has 0 radical (unpaired) electrons. The molecule has 0 saturated carbocycles. The minimum atomic E-state index is -4.58. The Morgan fingerprint density at radius 2 is 1.79 bits per heavy atom. The van der Waals surface area contributed by atoms with Crippen molar-refractivity contribution in [1.29, 1.82) is 0 Å². The Morgan fingerprint density at radius 1 is 1.07 bits per heavy atom. The van der Waals surface area contributed by atoms with Gasteiger partial charge in [-0.05, 0) is 60.0 Å². The molecule has 12 heteroatoms. The number of nitrogens with zero attached hydrogens (tertiary/aromatic N) is 2. The van der Waals surface area contributed by atoms with Gasteiger partial charge < -0.3 is 21.1 Å². The molecule has 3 aromatic rings. The number of hydrogen-bond acceptors (Lipinski definition) is 6. The fourth-order valence-corrected chi connectivity index (χ4v) is 5.23. The minimum Gasteiger partial charge on any atom is -0.397 e. The van der Waals surface area contributed by atoms with E-state index in [4.69, 9.17) is 10.5 Å². The largest absolute Gasteiger partial charge is 0.416 e. The van der Waals surface area contributed by atoms with Gasteiger partial charge in [0.2, 0.25) is 5.91 Å². The molecule has 2 aliphatic rings. The van der Waals surface area contributed by atoms with Crippen molar-refractivity contribution < 1.29 is 32.0 Å². The second-order valence-electron chi connectivity index (χ2n) is 10.5. The van der Waals surface area contributed by atoms with Gasteiger partial charge in [-0.3, -0.25) is 14.5 Å². The molecule has 3 atom stereocenters. The summed E-state index contributed by atoms with van der Waals surface area (Å²) in [7, 11) is 0. The van der Waals surface area contributed by atoms with Crippen LogP contribution >= 0.6 is 0 Å². The van der Waals surface area contributed by atoms with Crippen LogP contribution < -0.4 is 21.5 Å². The average Bonchev–Trinajstić information content (AvgIpc) is 3.63. The number of ether oxygens (including phenoxy) is 1. The number of carbonyl (C=O) groups is 2. The number of morpholine rings is 1. The van der Waals surface area contributed by atoms with Gasteiger partial charge in [0.1, 0.15) is 6.04 Å². The van der Waals surface area contributed by atoms with E-state index >= 15 is 4.48 Å². The molecule has 2 bridgehead atoms. The van der Waals surface area contributed by atoms with Crippen molar-refractivity contribution in [2.24, 2.45) is 0 Å². The lowest BCUT2D eigenvalue weighted by atomic mass is 10.0. The highest BCUT2D eigenvalue weighted by Gasteiger charge is 2.38. The van der Waals surface area contributed by atoms with Crippen LogP contribution in [0.5, 0.6) is 0 Å². The van der Waals surface area contributed by atoms with E-state index in [-0.39, 0.29) is 22.8 Å². The Hall–Kier alpha value is -4.26. The normalized spacial score (nSPS) is 19.1. The molecular weight excluding hydrogens is 566 g/mol. The standard InChI is InChI=1S/C31H31F4N5O3/c32-31(33,34)22-10-12-23(13-11-22)40(35)30(42)29(37-15-16-39-18-25-17-24(39)19-43-25)21-8-5-20(6-9-21)7-14-28(41)38-27-4-2-1-3-26(27)36/h1-14,24-25,29,37H,15-19,36H2,(H,38,41). The predicted octanol–water partition coefficient (Wildman–Crippen LogP) is 4.96. The quantitative estimate of drug-likeness (QED) is 0.132. The van der Waals surface area contributed by atoms with Crippen LogP contribution in [0.3, 0.4) is 0 Å². The van der Waals surface area contributed by atoms with Crippen LogP contribution in [0.25, 0.3) is 6.08 Å². The van der Waals surface area contributed by atoms with E-state index in [1.807, 2.05) is 0 Å². The lowest BCUT2D eigenvalue weighted by molar-refractivity contribution is -0.137. The molecular formula is C31H31F4N5O3. The molecule has 8 nitrogen and oxygen atoms in total. The molecule has 2 saturated heterocycles. The summed E-state index contributed by atoms with van der Waals surface area (Å²) in [5.41, 5.74) is 6.61. The van der Waals surface area contributed by atoms with Crippen molar-refractivity contribution >= 4 is 35.0 Å². The van der Waals surface area contributed by atoms with Gasteiger partial charge in [0.25, 0.3) is 5.91 Å². The monoisotopic (exact) mass is 597 g/mol. The summed E-state index contributed by atoms with van der Waals surface area (Å²) < 4.78 is 59.8. The van der Waals surface area contributed by atoms with E-state index in [1.165, 1.54) is 6.08 Å². The van der Waals surface area contributed by atoms with Crippen molar-refractivity contribution in [3.63, 3.8) is 0 Å². The number of halogens is 4. The summed E-state index contributed by atoms with van der Waals surface area (Å²) in [4.78, 5) is 27.9. The number of rotatable bonds is 10. The van der Waals surface area contributed by atoms with Gasteiger partial charge in [-0.2, -0.15) is 13.2 Å². The zero-order valence-corrected chi connectivity index (χ0v) is 23.1. The Bertz CT molecular complexity index is 1460. The number of nitrogens with one attached hydrogen (secondary N) is 2. The Morgan fingerprint density at radius 3 is 2.42 bits per heavy atom. The van der Waals surface area contributed by atoms with E-state index in [0.717, 1.165) is 37.2 Å². The topological polar surface area (TPSA) is 99.9 Å². The average molecular weight is 598 g/mol. The van der Waals surface area contributed by atoms with Crippen molar-refractivity contribution in [2.75, 3.05) is 42.4 Å². The molecule has 5 rings (SSSR count). The SMILES string of the molecule is Nc1ccccc1NC(=O)C=Cc1ccc(C(NCCN2CC3CC2CO3)C(=O)N(F)c2ccc(C(F)(F)F)cc2)cc1. The summed E-state index contributed by atoms with van der Waals surface area (Å²) in [5.74, 6) is -1.36. The van der Waals surface area contributed by atoms with Gasteiger partial charge in [-0.1, -0.05) is 40.9 Å². The third-order valence-electron chi connectivity index (χ3n) is 7.54. The van der Waals surface area contributed by atoms with Crippen LogP contribution in [-0.2, 0) is 20.5 Å². The van der Waals surface area contributed by atoms with E-state index in [9.17, 15) is 22.8 Å². The smallest absolute Gasteiger partial charge is 0.397 e. The first-order valence-electron chi connectivity index (χ1n) is 13.8. The number of benzene rings is 3. The minimum absolute atomic E-state index is 0.142. The summed E-state index contributed by atoms with van der Waals surface area (Å²) >= 11 is 0. The van der Waals surface area contributed by atoms with Gasteiger partial charge in [-0.25, -0.2) is 0 Å². The number of anilines is 3. The van der Waals surface area contributed by atoms with Gasteiger partial charge in [0, 0.05) is 31.8 Å². The number of nitrogen functional groups attached to an aromatic ring is 1. The number of alkyl halides is 3. The summed E-state index contributed by atoms with van der Waals surface area (Å²) in [6.45, 7) is 2.43. The maximum absolute atomic E-state index is 15.3. The number of nitrogens with two attached hydrogens (primary N) is 1. The molecule has 3 aromatic carbocycles. The number of likely N-dealkylation sites (tertiary alicyclic amines) is 1. The third-order valence-corrected chi connectivity index (χ3v) is 7.54. The van der Waals surface area contributed by atoms with E-state index in [1.54, 1.807) is 54.6 Å². The fraction of sp³-hybridized carbons (Fsp3) is 0.290. The Labute approximate surface area is 246 Å². The second kappa shape index (κ2) is 12.9. The third kappa shape index (κ3) is 7.39. The number of para-hydroxylation sites is 2. The number of carbonyl (C=O) groups excluding carboxylic acids is 2. The fourth-order valence-electron chi connectivity index (χ4n) is 5.23. The maximum Gasteiger partial charge on any atom is 0.416 e.